The second-order valence-corrected chi connectivity index (χ2v) is 5.35. The van der Waals surface area contributed by atoms with Gasteiger partial charge in [0, 0.05) is 20.6 Å². The molecule has 1 rings (SSSR count). The van der Waals surface area contributed by atoms with E-state index in [0.29, 0.717) is 18.3 Å². The molecular weight excluding hydrogens is 234 g/mol. The molecule has 1 aromatic heterocycles. The van der Waals surface area contributed by atoms with Gasteiger partial charge >= 0.3 is 0 Å². The Morgan fingerprint density at radius 3 is 2.59 bits per heavy atom. The first kappa shape index (κ1) is 14.0. The minimum Gasteiger partial charge on any atom is -0.480 e. The van der Waals surface area contributed by atoms with Crippen LogP contribution >= 0.6 is 11.3 Å². The third-order valence-corrected chi connectivity index (χ3v) is 3.63. The Balaban J connectivity index is 3.12. The average molecular weight is 255 g/mol. The molecule has 1 heterocycles. The highest BCUT2D eigenvalue weighted by Gasteiger charge is 2.12. The van der Waals surface area contributed by atoms with E-state index in [4.69, 9.17) is 10.5 Å². The van der Waals surface area contributed by atoms with Gasteiger partial charge in [-0.05, 0) is 12.0 Å². The first-order valence-corrected chi connectivity index (χ1v) is 6.43. The predicted molar refractivity (Wildman–Crippen MR) is 74.9 cm³/mol. The van der Waals surface area contributed by atoms with Gasteiger partial charge in [0.25, 0.3) is 0 Å². The summed E-state index contributed by atoms with van der Waals surface area (Å²) in [7, 11) is 5.58. The first-order valence-electron chi connectivity index (χ1n) is 5.62. The van der Waals surface area contributed by atoms with Gasteiger partial charge in [0.2, 0.25) is 5.88 Å². The van der Waals surface area contributed by atoms with E-state index in [2.05, 4.69) is 24.9 Å². The van der Waals surface area contributed by atoms with Crippen LogP contribution in [0.5, 0.6) is 5.88 Å². The third-order valence-electron chi connectivity index (χ3n) is 2.48. The molecule has 0 saturated carbocycles. The maximum absolute atomic E-state index is 5.74. The van der Waals surface area contributed by atoms with Crippen molar-refractivity contribution in [1.29, 1.82) is 0 Å². The van der Waals surface area contributed by atoms with E-state index < -0.39 is 0 Å². The van der Waals surface area contributed by atoms with Crippen LogP contribution in [-0.4, -0.2) is 32.7 Å². The molecule has 0 fully saturated rings. The summed E-state index contributed by atoms with van der Waals surface area (Å²) in [6.45, 7) is 4.84. The summed E-state index contributed by atoms with van der Waals surface area (Å²) < 4.78 is 5.29. The highest BCUT2D eigenvalue weighted by molar-refractivity contribution is 7.16. The summed E-state index contributed by atoms with van der Waals surface area (Å²) >= 11 is 1.61. The monoisotopic (exact) mass is 255 g/mol. The minimum absolute atomic E-state index is 0.439. The largest absolute Gasteiger partial charge is 0.480 e. The number of hydrogen-bond donors (Lipinski definition) is 1. The van der Waals surface area contributed by atoms with Crippen molar-refractivity contribution in [2.75, 3.05) is 32.6 Å². The van der Waals surface area contributed by atoms with Crippen molar-refractivity contribution >= 4 is 22.5 Å². The van der Waals surface area contributed by atoms with Crippen LogP contribution < -0.4 is 15.4 Å². The van der Waals surface area contributed by atoms with Crippen molar-refractivity contribution < 1.29 is 4.74 Å². The summed E-state index contributed by atoms with van der Waals surface area (Å²) in [6.07, 6.45) is 2.09. The molecule has 0 aromatic carbocycles. The molecule has 0 aliphatic carbocycles. The third kappa shape index (κ3) is 3.44. The number of aromatic nitrogens is 1. The van der Waals surface area contributed by atoms with Crippen LogP contribution in [0.4, 0.5) is 5.13 Å². The standard InChI is InChI=1S/C12H21N3OS/c1-8(2)9(7-13)6-10-11(16-5)14-12(17-10)15(3)4/h6,8H,7,13H2,1-5H3. The highest BCUT2D eigenvalue weighted by atomic mass is 32.1. The van der Waals surface area contributed by atoms with Gasteiger partial charge < -0.3 is 15.4 Å². The van der Waals surface area contributed by atoms with Gasteiger partial charge in [-0.15, -0.1) is 0 Å². The fourth-order valence-corrected chi connectivity index (χ4v) is 2.30. The maximum Gasteiger partial charge on any atom is 0.233 e. The van der Waals surface area contributed by atoms with Crippen LogP contribution in [0.25, 0.3) is 6.08 Å². The second-order valence-electron chi connectivity index (χ2n) is 4.34. The molecule has 4 nitrogen and oxygen atoms in total. The van der Waals surface area contributed by atoms with Crippen molar-refractivity contribution in [3.63, 3.8) is 0 Å². The Bertz CT molecular complexity index is 396. The number of methoxy groups -OCH3 is 1. The van der Waals surface area contributed by atoms with Gasteiger partial charge in [0.15, 0.2) is 5.13 Å². The fraction of sp³-hybridized carbons (Fsp3) is 0.583. The van der Waals surface area contributed by atoms with E-state index in [1.54, 1.807) is 18.4 Å². The number of ether oxygens (including phenoxy) is 1. The number of thiazole rings is 1. The Kier molecular flexibility index (Phi) is 4.96. The molecule has 17 heavy (non-hydrogen) atoms. The number of rotatable bonds is 5. The predicted octanol–water partition coefficient (Wildman–Crippen LogP) is 2.22. The van der Waals surface area contributed by atoms with Crippen LogP contribution in [0.2, 0.25) is 0 Å². The second kappa shape index (κ2) is 6.02. The van der Waals surface area contributed by atoms with Crippen LogP contribution in [0, 0.1) is 5.92 Å². The van der Waals surface area contributed by atoms with Crippen molar-refractivity contribution in [3.05, 3.63) is 10.5 Å². The molecule has 96 valence electrons. The van der Waals surface area contributed by atoms with Gasteiger partial charge in [-0.1, -0.05) is 30.8 Å². The Labute approximate surface area is 107 Å². The molecular formula is C12H21N3OS. The van der Waals surface area contributed by atoms with Crippen LogP contribution in [0.1, 0.15) is 18.7 Å². The van der Waals surface area contributed by atoms with E-state index >= 15 is 0 Å². The number of hydrogen-bond acceptors (Lipinski definition) is 5. The minimum atomic E-state index is 0.439. The molecule has 1 aromatic rings. The van der Waals surface area contributed by atoms with E-state index in [0.717, 1.165) is 10.0 Å². The van der Waals surface area contributed by atoms with Crippen molar-refractivity contribution in [3.8, 4) is 5.88 Å². The van der Waals surface area contributed by atoms with E-state index in [9.17, 15) is 0 Å². The number of nitrogens with zero attached hydrogens (tertiary/aromatic N) is 2. The molecule has 0 amide bonds. The Hall–Kier alpha value is -1.07. The summed E-state index contributed by atoms with van der Waals surface area (Å²) in [4.78, 5) is 7.42. The molecule has 0 bridgehead atoms. The summed E-state index contributed by atoms with van der Waals surface area (Å²) in [6, 6.07) is 0. The quantitative estimate of drug-likeness (QED) is 0.876. The molecule has 0 aliphatic rings. The van der Waals surface area contributed by atoms with Gasteiger partial charge in [-0.25, -0.2) is 0 Å². The lowest BCUT2D eigenvalue weighted by atomic mass is 10.0. The van der Waals surface area contributed by atoms with Crippen LogP contribution in [-0.2, 0) is 0 Å². The lowest BCUT2D eigenvalue weighted by Crippen LogP contribution is -2.08. The van der Waals surface area contributed by atoms with Crippen molar-refractivity contribution in [2.24, 2.45) is 11.7 Å². The van der Waals surface area contributed by atoms with Gasteiger partial charge in [0.1, 0.15) is 0 Å². The van der Waals surface area contributed by atoms with Crippen LogP contribution in [0.3, 0.4) is 0 Å². The highest BCUT2D eigenvalue weighted by Crippen LogP contribution is 2.32. The fourth-order valence-electron chi connectivity index (χ4n) is 1.37. The summed E-state index contributed by atoms with van der Waals surface area (Å²) in [5.74, 6) is 1.11. The van der Waals surface area contributed by atoms with Crippen LogP contribution in [0.15, 0.2) is 5.57 Å². The summed E-state index contributed by atoms with van der Waals surface area (Å²) in [5, 5.41) is 0.938. The molecule has 0 spiro atoms. The lowest BCUT2D eigenvalue weighted by molar-refractivity contribution is 0.400. The van der Waals surface area contributed by atoms with E-state index in [1.165, 1.54) is 5.57 Å². The van der Waals surface area contributed by atoms with Gasteiger partial charge in [0.05, 0.1) is 12.0 Å². The van der Waals surface area contributed by atoms with E-state index in [-0.39, 0.29) is 0 Å². The topological polar surface area (TPSA) is 51.4 Å². The molecule has 5 heteroatoms. The molecule has 0 saturated heterocycles. The van der Waals surface area contributed by atoms with Crippen molar-refractivity contribution in [1.82, 2.24) is 4.98 Å². The molecule has 2 N–H and O–H groups in total. The Morgan fingerprint density at radius 1 is 1.53 bits per heavy atom. The van der Waals surface area contributed by atoms with Gasteiger partial charge in [-0.2, -0.15) is 4.98 Å². The maximum atomic E-state index is 5.74. The van der Waals surface area contributed by atoms with E-state index in [1.807, 2.05) is 19.0 Å². The zero-order valence-corrected chi connectivity index (χ0v) is 12.0. The van der Waals surface area contributed by atoms with Gasteiger partial charge in [-0.3, -0.25) is 0 Å². The molecule has 0 atom stereocenters. The number of nitrogens with two attached hydrogens (primary N) is 1. The Morgan fingerprint density at radius 2 is 2.18 bits per heavy atom. The van der Waals surface area contributed by atoms with Crippen molar-refractivity contribution in [2.45, 2.75) is 13.8 Å². The zero-order chi connectivity index (χ0) is 13.0. The lowest BCUT2D eigenvalue weighted by Gasteiger charge is -2.07. The number of anilines is 1. The normalized spacial score (nSPS) is 12.1. The molecule has 0 aliphatic heterocycles. The zero-order valence-electron chi connectivity index (χ0n) is 11.2. The molecule has 0 unspecified atom stereocenters. The first-order chi connectivity index (χ1) is 7.99. The average Bonchev–Trinajstić information content (AvgIpc) is 2.68. The molecule has 0 radical (unpaired) electrons. The smallest absolute Gasteiger partial charge is 0.233 e. The summed E-state index contributed by atoms with van der Waals surface area (Å²) in [5.41, 5.74) is 6.95. The SMILES string of the molecule is COc1nc(N(C)C)sc1C=C(CN)C(C)C.